The van der Waals surface area contributed by atoms with Crippen molar-refractivity contribution >= 4 is 27.4 Å². The van der Waals surface area contributed by atoms with E-state index in [0.717, 1.165) is 61.1 Å². The van der Waals surface area contributed by atoms with Gasteiger partial charge in [0.15, 0.2) is 0 Å². The van der Waals surface area contributed by atoms with Crippen LogP contribution in [-0.2, 0) is 6.54 Å². The van der Waals surface area contributed by atoms with Gasteiger partial charge in [-0.25, -0.2) is 9.97 Å². The summed E-state index contributed by atoms with van der Waals surface area (Å²) in [6, 6.07) is 2.06. The number of nitrogens with one attached hydrogen (secondary N) is 1. The van der Waals surface area contributed by atoms with Crippen LogP contribution in [-0.4, -0.2) is 71.3 Å². The number of aliphatic hydroxyl groups excluding tert-OH is 1. The van der Waals surface area contributed by atoms with Crippen LogP contribution < -0.4 is 5.32 Å². The summed E-state index contributed by atoms with van der Waals surface area (Å²) >= 11 is 1.65. The Kier molecular flexibility index (Phi) is 4.64. The van der Waals surface area contributed by atoms with Crippen LogP contribution in [0.1, 0.15) is 5.82 Å². The summed E-state index contributed by atoms with van der Waals surface area (Å²) in [5.41, 5.74) is 0. The van der Waals surface area contributed by atoms with E-state index < -0.39 is 0 Å². The van der Waals surface area contributed by atoms with Gasteiger partial charge in [0.2, 0.25) is 0 Å². The van der Waals surface area contributed by atoms with Gasteiger partial charge in [0.25, 0.3) is 0 Å². The zero-order valence-electron chi connectivity index (χ0n) is 12.2. The Bertz CT molecular complexity index is 594. The third-order valence-electron chi connectivity index (χ3n) is 3.85. The zero-order valence-corrected chi connectivity index (χ0v) is 13.1. The maximum absolute atomic E-state index is 8.98. The predicted octanol–water partition coefficient (Wildman–Crippen LogP) is 0.843. The van der Waals surface area contributed by atoms with E-state index in [9.17, 15) is 0 Å². The van der Waals surface area contributed by atoms with Crippen molar-refractivity contribution < 1.29 is 5.11 Å². The van der Waals surface area contributed by atoms with Gasteiger partial charge in [-0.15, -0.1) is 11.3 Å². The number of aromatic nitrogens is 2. The highest BCUT2D eigenvalue weighted by Crippen LogP contribution is 2.25. The summed E-state index contributed by atoms with van der Waals surface area (Å²) in [7, 11) is 1.90. The third kappa shape index (κ3) is 3.32. The SMILES string of the molecule is CNc1nc(CN2CCN(CCO)CC2)nc2sccc12. The van der Waals surface area contributed by atoms with Gasteiger partial charge in [0.1, 0.15) is 16.5 Å². The van der Waals surface area contributed by atoms with Gasteiger partial charge >= 0.3 is 0 Å². The molecule has 21 heavy (non-hydrogen) atoms. The highest BCUT2D eigenvalue weighted by Gasteiger charge is 2.18. The Morgan fingerprint density at radius 1 is 1.24 bits per heavy atom. The number of β-amino-alcohol motifs (C(OH)–C–C–N with tert-alkyl or cyclic N) is 1. The molecule has 0 atom stereocenters. The van der Waals surface area contributed by atoms with E-state index >= 15 is 0 Å². The topological polar surface area (TPSA) is 64.5 Å². The fourth-order valence-corrected chi connectivity index (χ4v) is 3.46. The summed E-state index contributed by atoms with van der Waals surface area (Å²) in [4.78, 5) is 15.0. The lowest BCUT2D eigenvalue weighted by Gasteiger charge is -2.33. The minimum atomic E-state index is 0.240. The number of aliphatic hydroxyl groups is 1. The fourth-order valence-electron chi connectivity index (χ4n) is 2.67. The summed E-state index contributed by atoms with van der Waals surface area (Å²) in [6.07, 6.45) is 0. The molecule has 114 valence electrons. The lowest BCUT2D eigenvalue weighted by molar-refractivity contribution is 0.107. The van der Waals surface area contributed by atoms with Gasteiger partial charge in [-0.05, 0) is 11.4 Å². The average Bonchev–Trinajstić information content (AvgIpc) is 2.97. The molecule has 1 saturated heterocycles. The highest BCUT2D eigenvalue weighted by molar-refractivity contribution is 7.16. The van der Waals surface area contributed by atoms with Crippen molar-refractivity contribution in [3.8, 4) is 0 Å². The molecule has 3 rings (SSSR count). The van der Waals surface area contributed by atoms with Crippen LogP contribution >= 0.6 is 11.3 Å². The Hall–Kier alpha value is -1.28. The molecule has 2 N–H and O–H groups in total. The number of thiophene rings is 1. The Balaban J connectivity index is 1.68. The first-order chi connectivity index (χ1) is 10.3. The average molecular weight is 307 g/mol. The molecule has 1 aliphatic rings. The zero-order chi connectivity index (χ0) is 14.7. The molecule has 1 aliphatic heterocycles. The van der Waals surface area contributed by atoms with E-state index in [1.54, 1.807) is 11.3 Å². The quantitative estimate of drug-likeness (QED) is 0.853. The minimum Gasteiger partial charge on any atom is -0.395 e. The molecular weight excluding hydrogens is 286 g/mol. The van der Waals surface area contributed by atoms with E-state index in [1.165, 1.54) is 0 Å². The van der Waals surface area contributed by atoms with Crippen LogP contribution in [0.3, 0.4) is 0 Å². The molecule has 1 fully saturated rings. The van der Waals surface area contributed by atoms with Crippen molar-refractivity contribution in [3.63, 3.8) is 0 Å². The fraction of sp³-hybridized carbons (Fsp3) is 0.571. The Morgan fingerprint density at radius 2 is 2.00 bits per heavy atom. The van der Waals surface area contributed by atoms with E-state index in [1.807, 2.05) is 7.05 Å². The van der Waals surface area contributed by atoms with E-state index in [2.05, 4.69) is 36.5 Å². The summed E-state index contributed by atoms with van der Waals surface area (Å²) in [5.74, 6) is 1.79. The number of hydrogen-bond donors (Lipinski definition) is 2. The summed E-state index contributed by atoms with van der Waals surface area (Å²) in [6.45, 7) is 5.80. The molecule has 0 aliphatic carbocycles. The number of rotatable bonds is 5. The lowest BCUT2D eigenvalue weighted by Crippen LogP contribution is -2.46. The number of fused-ring (bicyclic) bond motifs is 1. The monoisotopic (exact) mass is 307 g/mol. The van der Waals surface area contributed by atoms with Gasteiger partial charge in [-0.2, -0.15) is 0 Å². The highest BCUT2D eigenvalue weighted by atomic mass is 32.1. The molecule has 0 bridgehead atoms. The molecule has 6 nitrogen and oxygen atoms in total. The van der Waals surface area contributed by atoms with Crippen LogP contribution in [0, 0.1) is 0 Å². The first-order valence-corrected chi connectivity index (χ1v) is 8.15. The van der Waals surface area contributed by atoms with Crippen LogP contribution in [0.5, 0.6) is 0 Å². The number of piperazine rings is 1. The van der Waals surface area contributed by atoms with Gasteiger partial charge in [-0.3, -0.25) is 9.80 Å². The molecule has 3 heterocycles. The van der Waals surface area contributed by atoms with Gasteiger partial charge in [0.05, 0.1) is 18.5 Å². The minimum absolute atomic E-state index is 0.240. The predicted molar refractivity (Wildman–Crippen MR) is 85.8 cm³/mol. The summed E-state index contributed by atoms with van der Waals surface area (Å²) in [5, 5.41) is 15.3. The lowest BCUT2D eigenvalue weighted by atomic mass is 10.3. The van der Waals surface area contributed by atoms with Crippen LogP contribution in [0.25, 0.3) is 10.2 Å². The van der Waals surface area contributed by atoms with Crippen LogP contribution in [0.15, 0.2) is 11.4 Å². The van der Waals surface area contributed by atoms with Crippen LogP contribution in [0.2, 0.25) is 0 Å². The van der Waals surface area contributed by atoms with Crippen LogP contribution in [0.4, 0.5) is 5.82 Å². The van der Waals surface area contributed by atoms with Gasteiger partial charge < -0.3 is 10.4 Å². The van der Waals surface area contributed by atoms with Gasteiger partial charge in [0, 0.05) is 39.8 Å². The molecule has 2 aromatic heterocycles. The smallest absolute Gasteiger partial charge is 0.146 e. The Morgan fingerprint density at radius 3 is 2.71 bits per heavy atom. The first kappa shape index (κ1) is 14.6. The maximum Gasteiger partial charge on any atom is 0.146 e. The first-order valence-electron chi connectivity index (χ1n) is 7.27. The van der Waals surface area contributed by atoms with E-state index in [0.29, 0.717) is 0 Å². The molecule has 0 radical (unpaired) electrons. The van der Waals surface area contributed by atoms with Crippen molar-refractivity contribution in [2.45, 2.75) is 6.54 Å². The standard InChI is InChI=1S/C14H21N5OS/c1-15-13-11-2-9-21-14(11)17-12(16-13)10-19-5-3-18(4-6-19)7-8-20/h2,9,20H,3-8,10H2,1H3,(H,15,16,17). The molecule has 0 unspecified atom stereocenters. The molecule has 0 amide bonds. The van der Waals surface area contributed by atoms with E-state index in [-0.39, 0.29) is 6.61 Å². The Labute approximate surface area is 128 Å². The van der Waals surface area contributed by atoms with E-state index in [4.69, 9.17) is 5.11 Å². The number of anilines is 1. The van der Waals surface area contributed by atoms with Gasteiger partial charge in [-0.1, -0.05) is 0 Å². The molecule has 2 aromatic rings. The van der Waals surface area contributed by atoms with Crippen molar-refractivity contribution in [2.75, 3.05) is 51.7 Å². The van der Waals surface area contributed by atoms with Crippen molar-refractivity contribution in [2.24, 2.45) is 0 Å². The number of hydrogen-bond acceptors (Lipinski definition) is 7. The molecule has 0 aromatic carbocycles. The molecule has 0 saturated carbocycles. The normalized spacial score (nSPS) is 17.4. The second kappa shape index (κ2) is 6.65. The van der Waals surface area contributed by atoms with Crippen molar-refractivity contribution in [1.29, 1.82) is 0 Å². The molecule has 7 heteroatoms. The van der Waals surface area contributed by atoms with Crippen molar-refractivity contribution in [3.05, 3.63) is 17.3 Å². The largest absolute Gasteiger partial charge is 0.395 e. The summed E-state index contributed by atoms with van der Waals surface area (Å²) < 4.78 is 0. The maximum atomic E-state index is 8.98. The van der Waals surface area contributed by atoms with Crippen molar-refractivity contribution in [1.82, 2.24) is 19.8 Å². The number of nitrogens with zero attached hydrogens (tertiary/aromatic N) is 4. The third-order valence-corrected chi connectivity index (χ3v) is 4.66. The second-order valence-corrected chi connectivity index (χ2v) is 6.11. The molecule has 0 spiro atoms. The second-order valence-electron chi connectivity index (χ2n) is 5.22. The molecular formula is C14H21N5OS.